The molecule has 5 nitrogen and oxygen atoms in total. The first-order chi connectivity index (χ1) is 14.2. The highest BCUT2D eigenvalue weighted by Gasteiger charge is 2.13. The first kappa shape index (κ1) is 20.8. The van der Waals surface area contributed by atoms with E-state index in [9.17, 15) is 0 Å². The van der Waals surface area contributed by atoms with Crippen LogP contribution in [0.2, 0.25) is 0 Å². The van der Waals surface area contributed by atoms with Gasteiger partial charge in [-0.15, -0.1) is 0 Å². The van der Waals surface area contributed by atoms with Gasteiger partial charge in [-0.05, 0) is 39.5 Å². The number of nitrogens with zero attached hydrogens (tertiary/aromatic N) is 4. The molecule has 1 N–H and O–H groups in total. The van der Waals surface area contributed by atoms with E-state index in [1.54, 1.807) is 0 Å². The van der Waals surface area contributed by atoms with Gasteiger partial charge in [-0.3, -0.25) is 0 Å². The Morgan fingerprint density at radius 3 is 2.24 bits per heavy atom. The maximum atomic E-state index is 4.89. The average Bonchev–Trinajstić information content (AvgIpc) is 2.76. The summed E-state index contributed by atoms with van der Waals surface area (Å²) in [5.41, 5.74) is 3.30. The Hall–Kier alpha value is -2.92. The summed E-state index contributed by atoms with van der Waals surface area (Å²) in [6.07, 6.45) is 1.06. The maximum absolute atomic E-state index is 4.89. The number of benzene rings is 2. The van der Waals surface area contributed by atoms with Crippen LogP contribution in [0.25, 0.3) is 11.3 Å². The third-order valence-electron chi connectivity index (χ3n) is 4.75. The Labute approximate surface area is 174 Å². The van der Waals surface area contributed by atoms with Gasteiger partial charge in [0, 0.05) is 31.3 Å². The zero-order valence-electron chi connectivity index (χ0n) is 17.7. The van der Waals surface area contributed by atoms with Gasteiger partial charge in [-0.2, -0.15) is 4.98 Å². The quantitative estimate of drug-likeness (QED) is 0.516. The second-order valence-corrected chi connectivity index (χ2v) is 7.39. The van der Waals surface area contributed by atoms with E-state index in [-0.39, 0.29) is 0 Å². The predicted octanol–water partition coefficient (Wildman–Crippen LogP) is 4.53. The molecule has 0 saturated carbocycles. The molecule has 152 valence electrons. The monoisotopic (exact) mass is 389 g/mol. The molecule has 0 bridgehead atoms. The van der Waals surface area contributed by atoms with Gasteiger partial charge in [0.1, 0.15) is 5.82 Å². The lowest BCUT2D eigenvalue weighted by atomic mass is 10.1. The third-order valence-corrected chi connectivity index (χ3v) is 4.75. The van der Waals surface area contributed by atoms with E-state index in [2.05, 4.69) is 72.5 Å². The van der Waals surface area contributed by atoms with Gasteiger partial charge in [0.25, 0.3) is 0 Å². The van der Waals surface area contributed by atoms with Crippen LogP contribution in [0.3, 0.4) is 0 Å². The Bertz CT molecular complexity index is 865. The van der Waals surface area contributed by atoms with Gasteiger partial charge >= 0.3 is 0 Å². The van der Waals surface area contributed by atoms with Gasteiger partial charge in [0.05, 0.1) is 5.69 Å². The Morgan fingerprint density at radius 2 is 1.59 bits per heavy atom. The molecule has 0 atom stereocenters. The first-order valence-electron chi connectivity index (χ1n) is 10.3. The molecule has 0 aliphatic heterocycles. The van der Waals surface area contributed by atoms with Crippen LogP contribution in [-0.2, 0) is 6.54 Å². The zero-order valence-corrected chi connectivity index (χ0v) is 17.7. The number of aromatic nitrogens is 2. The molecule has 5 heteroatoms. The molecule has 0 amide bonds. The summed E-state index contributed by atoms with van der Waals surface area (Å²) in [6.45, 7) is 5.70. The molecule has 1 heterocycles. The van der Waals surface area contributed by atoms with Crippen molar-refractivity contribution < 1.29 is 0 Å². The SMILES string of the molecule is CCN(Cc1ccccc1)c1nc(NCCCN(C)C)cc(-c2ccccc2)n1. The van der Waals surface area contributed by atoms with Crippen LogP contribution in [0, 0.1) is 0 Å². The van der Waals surface area contributed by atoms with E-state index < -0.39 is 0 Å². The van der Waals surface area contributed by atoms with Crippen LogP contribution < -0.4 is 10.2 Å². The van der Waals surface area contributed by atoms with E-state index in [1.165, 1.54) is 5.56 Å². The van der Waals surface area contributed by atoms with Crippen molar-refractivity contribution in [1.82, 2.24) is 14.9 Å². The summed E-state index contributed by atoms with van der Waals surface area (Å²) in [5, 5.41) is 3.49. The van der Waals surface area contributed by atoms with Gasteiger partial charge in [-0.25, -0.2) is 4.98 Å². The minimum absolute atomic E-state index is 0.757. The zero-order chi connectivity index (χ0) is 20.5. The van der Waals surface area contributed by atoms with Gasteiger partial charge in [0.15, 0.2) is 0 Å². The summed E-state index contributed by atoms with van der Waals surface area (Å²) < 4.78 is 0. The smallest absolute Gasteiger partial charge is 0.228 e. The second-order valence-electron chi connectivity index (χ2n) is 7.39. The van der Waals surface area contributed by atoms with Crippen molar-refractivity contribution in [2.45, 2.75) is 19.9 Å². The fourth-order valence-corrected chi connectivity index (χ4v) is 3.16. The molecule has 0 spiro atoms. The summed E-state index contributed by atoms with van der Waals surface area (Å²) in [7, 11) is 4.19. The highest BCUT2D eigenvalue weighted by Crippen LogP contribution is 2.23. The summed E-state index contributed by atoms with van der Waals surface area (Å²) in [4.78, 5) is 14.1. The lowest BCUT2D eigenvalue weighted by Gasteiger charge is -2.22. The molecular formula is C24H31N5. The first-order valence-corrected chi connectivity index (χ1v) is 10.3. The standard InChI is InChI=1S/C24H31N5/c1-4-29(19-20-12-7-5-8-13-20)24-26-22(21-14-9-6-10-15-21)18-23(27-24)25-16-11-17-28(2)3/h5-10,12-15,18H,4,11,16-17,19H2,1-3H3,(H,25,26,27). The van der Waals surface area contributed by atoms with E-state index in [4.69, 9.17) is 9.97 Å². The molecule has 3 aromatic rings. The molecule has 29 heavy (non-hydrogen) atoms. The highest BCUT2D eigenvalue weighted by molar-refractivity contribution is 5.64. The number of hydrogen-bond donors (Lipinski definition) is 1. The summed E-state index contributed by atoms with van der Waals surface area (Å²) in [6, 6.07) is 22.8. The van der Waals surface area contributed by atoms with Crippen molar-refractivity contribution >= 4 is 11.8 Å². The normalized spacial score (nSPS) is 10.9. The van der Waals surface area contributed by atoms with E-state index >= 15 is 0 Å². The van der Waals surface area contributed by atoms with Crippen LogP contribution >= 0.6 is 0 Å². The maximum Gasteiger partial charge on any atom is 0.228 e. The van der Waals surface area contributed by atoms with E-state index in [1.807, 2.05) is 30.3 Å². The molecule has 0 aliphatic rings. The van der Waals surface area contributed by atoms with Crippen molar-refractivity contribution in [3.05, 3.63) is 72.3 Å². The fourth-order valence-electron chi connectivity index (χ4n) is 3.16. The molecule has 0 radical (unpaired) electrons. The molecule has 0 aliphatic carbocycles. The predicted molar refractivity (Wildman–Crippen MR) is 122 cm³/mol. The molecule has 2 aromatic carbocycles. The average molecular weight is 390 g/mol. The fraction of sp³-hybridized carbons (Fsp3) is 0.333. The molecule has 3 rings (SSSR count). The molecule has 0 fully saturated rings. The van der Waals surface area contributed by atoms with Crippen molar-refractivity contribution in [3.63, 3.8) is 0 Å². The molecular weight excluding hydrogens is 358 g/mol. The minimum Gasteiger partial charge on any atom is -0.370 e. The van der Waals surface area contributed by atoms with Crippen molar-refractivity contribution in [2.75, 3.05) is 43.9 Å². The molecule has 1 aromatic heterocycles. The minimum atomic E-state index is 0.757. The van der Waals surface area contributed by atoms with Gasteiger partial charge in [0.2, 0.25) is 5.95 Å². The third kappa shape index (κ3) is 6.29. The Kier molecular flexibility index (Phi) is 7.59. The lowest BCUT2D eigenvalue weighted by molar-refractivity contribution is 0.405. The number of nitrogens with one attached hydrogen (secondary N) is 1. The van der Waals surface area contributed by atoms with Crippen molar-refractivity contribution in [3.8, 4) is 11.3 Å². The van der Waals surface area contributed by atoms with Crippen LogP contribution in [-0.4, -0.2) is 48.6 Å². The lowest BCUT2D eigenvalue weighted by Crippen LogP contribution is -2.25. The number of rotatable bonds is 10. The topological polar surface area (TPSA) is 44.3 Å². The van der Waals surface area contributed by atoms with Gasteiger partial charge < -0.3 is 15.1 Å². The summed E-state index contributed by atoms with van der Waals surface area (Å²) in [5.74, 6) is 1.63. The van der Waals surface area contributed by atoms with E-state index in [0.29, 0.717) is 0 Å². The van der Waals surface area contributed by atoms with Crippen molar-refractivity contribution in [2.24, 2.45) is 0 Å². The van der Waals surface area contributed by atoms with Gasteiger partial charge in [-0.1, -0.05) is 60.7 Å². The largest absolute Gasteiger partial charge is 0.370 e. The Balaban J connectivity index is 1.86. The number of hydrogen-bond acceptors (Lipinski definition) is 5. The molecule has 0 unspecified atom stereocenters. The molecule has 0 saturated heterocycles. The Morgan fingerprint density at radius 1 is 0.897 bits per heavy atom. The number of anilines is 2. The highest BCUT2D eigenvalue weighted by atomic mass is 15.3. The van der Waals surface area contributed by atoms with Crippen LogP contribution in [0.1, 0.15) is 18.9 Å². The summed E-state index contributed by atoms with van der Waals surface area (Å²) >= 11 is 0. The van der Waals surface area contributed by atoms with Crippen LogP contribution in [0.4, 0.5) is 11.8 Å². The van der Waals surface area contributed by atoms with Crippen molar-refractivity contribution in [1.29, 1.82) is 0 Å². The van der Waals surface area contributed by atoms with Crippen LogP contribution in [0.15, 0.2) is 66.7 Å². The second kappa shape index (κ2) is 10.6. The van der Waals surface area contributed by atoms with Crippen LogP contribution in [0.5, 0.6) is 0 Å². The van der Waals surface area contributed by atoms with E-state index in [0.717, 1.165) is 55.6 Å².